The van der Waals surface area contributed by atoms with E-state index in [2.05, 4.69) is 4.98 Å². The molecule has 2 aromatic heterocycles. The lowest BCUT2D eigenvalue weighted by atomic mass is 10.1. The maximum Gasteiger partial charge on any atom is 0.272 e. The zero-order valence-corrected chi connectivity index (χ0v) is 12.4. The second-order valence-electron chi connectivity index (χ2n) is 5.48. The number of piperidine rings is 1. The van der Waals surface area contributed by atoms with E-state index in [0.29, 0.717) is 31.6 Å². The molecule has 1 saturated heterocycles. The molecule has 3 rings (SSSR count). The lowest BCUT2D eigenvalue weighted by Crippen LogP contribution is -2.39. The Morgan fingerprint density at radius 1 is 1.33 bits per heavy atom. The predicted octanol–water partition coefficient (Wildman–Crippen LogP) is 2.01. The van der Waals surface area contributed by atoms with Gasteiger partial charge in [-0.3, -0.25) is 14.0 Å². The largest absolute Gasteiger partial charge is 0.336 e. The Bertz CT molecular complexity index is 708. The van der Waals surface area contributed by atoms with E-state index in [9.17, 15) is 9.59 Å². The first-order valence-corrected chi connectivity index (χ1v) is 7.39. The molecule has 0 aromatic carbocycles. The van der Waals surface area contributed by atoms with Crippen molar-refractivity contribution in [3.63, 3.8) is 0 Å². The average Bonchev–Trinajstić information content (AvgIpc) is 2.87. The first kappa shape index (κ1) is 13.8. The Kier molecular flexibility index (Phi) is 3.49. The van der Waals surface area contributed by atoms with Crippen LogP contribution >= 0.6 is 0 Å². The fourth-order valence-electron chi connectivity index (χ4n) is 2.83. The number of imidazole rings is 1. The minimum Gasteiger partial charge on any atom is -0.336 e. The fraction of sp³-hybridized carbons (Fsp3) is 0.438. The number of rotatable bonds is 2. The van der Waals surface area contributed by atoms with Gasteiger partial charge in [-0.2, -0.15) is 0 Å². The summed E-state index contributed by atoms with van der Waals surface area (Å²) >= 11 is 0. The van der Waals surface area contributed by atoms with Gasteiger partial charge >= 0.3 is 0 Å². The summed E-state index contributed by atoms with van der Waals surface area (Å²) in [6.45, 7) is 5.03. The summed E-state index contributed by atoms with van der Waals surface area (Å²) in [5, 5.41) is 0. The first-order valence-electron chi connectivity index (χ1n) is 7.39. The van der Waals surface area contributed by atoms with Gasteiger partial charge in [0.05, 0.1) is 5.69 Å². The molecule has 1 aliphatic rings. The van der Waals surface area contributed by atoms with Crippen LogP contribution in [0.5, 0.6) is 0 Å². The molecule has 5 nitrogen and oxygen atoms in total. The van der Waals surface area contributed by atoms with Crippen LogP contribution in [0.3, 0.4) is 0 Å². The molecule has 0 aliphatic carbocycles. The SMILES string of the molecule is CCc1nc2c(C)cccn2c1C(=O)N1CCC(=O)CC1. The molecule has 1 aliphatic heterocycles. The third-order valence-corrected chi connectivity index (χ3v) is 4.06. The molecule has 1 fully saturated rings. The molecular weight excluding hydrogens is 266 g/mol. The van der Waals surface area contributed by atoms with Crippen molar-refractivity contribution in [1.82, 2.24) is 14.3 Å². The number of amides is 1. The highest BCUT2D eigenvalue weighted by atomic mass is 16.2. The van der Waals surface area contributed by atoms with Crippen molar-refractivity contribution in [2.75, 3.05) is 13.1 Å². The molecule has 0 bridgehead atoms. The van der Waals surface area contributed by atoms with Crippen molar-refractivity contribution >= 4 is 17.3 Å². The van der Waals surface area contributed by atoms with Gasteiger partial charge in [-0.25, -0.2) is 4.98 Å². The molecule has 1 amide bonds. The zero-order chi connectivity index (χ0) is 15.0. The Morgan fingerprint density at radius 3 is 2.71 bits per heavy atom. The minimum atomic E-state index is -0.0162. The number of ketones is 1. The molecule has 5 heteroatoms. The molecule has 2 aromatic rings. The van der Waals surface area contributed by atoms with Gasteiger partial charge < -0.3 is 4.90 Å². The van der Waals surface area contributed by atoms with E-state index in [0.717, 1.165) is 23.3 Å². The third-order valence-electron chi connectivity index (χ3n) is 4.06. The van der Waals surface area contributed by atoms with Crippen LogP contribution in [0.1, 0.15) is 41.5 Å². The number of Topliss-reactive ketones (excluding diaryl/α,β-unsaturated/α-hetero) is 1. The second kappa shape index (κ2) is 5.31. The second-order valence-corrected chi connectivity index (χ2v) is 5.48. The van der Waals surface area contributed by atoms with Gasteiger partial charge in [0.15, 0.2) is 0 Å². The highest BCUT2D eigenvalue weighted by Gasteiger charge is 2.26. The van der Waals surface area contributed by atoms with Crippen LogP contribution in [0, 0.1) is 6.92 Å². The number of nitrogens with zero attached hydrogens (tertiary/aromatic N) is 3. The van der Waals surface area contributed by atoms with Gasteiger partial charge in [-0.05, 0) is 25.0 Å². The van der Waals surface area contributed by atoms with E-state index in [4.69, 9.17) is 0 Å². The average molecular weight is 285 g/mol. The standard InChI is InChI=1S/C16H19N3O2/c1-3-13-14(16(21)18-9-6-12(20)7-10-18)19-8-4-5-11(2)15(19)17-13/h4-5,8H,3,6-7,9-10H2,1-2H3. The van der Waals surface area contributed by atoms with Gasteiger partial charge in [0.2, 0.25) is 0 Å². The van der Waals surface area contributed by atoms with E-state index in [1.54, 1.807) is 4.90 Å². The maximum absolute atomic E-state index is 12.8. The van der Waals surface area contributed by atoms with Crippen LogP contribution in [0.4, 0.5) is 0 Å². The maximum atomic E-state index is 12.8. The highest BCUT2D eigenvalue weighted by Crippen LogP contribution is 2.19. The molecular formula is C16H19N3O2. The van der Waals surface area contributed by atoms with Crippen molar-refractivity contribution < 1.29 is 9.59 Å². The van der Waals surface area contributed by atoms with Crippen LogP contribution in [0.25, 0.3) is 5.65 Å². The van der Waals surface area contributed by atoms with Crippen LogP contribution in [0.15, 0.2) is 18.3 Å². The van der Waals surface area contributed by atoms with Crippen LogP contribution < -0.4 is 0 Å². The molecule has 0 N–H and O–H groups in total. The molecule has 0 atom stereocenters. The number of aromatic nitrogens is 2. The van der Waals surface area contributed by atoms with E-state index in [-0.39, 0.29) is 11.7 Å². The third kappa shape index (κ3) is 2.33. The monoisotopic (exact) mass is 285 g/mol. The summed E-state index contributed by atoms with van der Waals surface area (Å²) in [6.07, 6.45) is 3.53. The normalized spacial score (nSPS) is 15.7. The summed E-state index contributed by atoms with van der Waals surface area (Å²) in [4.78, 5) is 30.5. The van der Waals surface area contributed by atoms with Crippen molar-refractivity contribution in [3.8, 4) is 0 Å². The van der Waals surface area contributed by atoms with Crippen LogP contribution in [0.2, 0.25) is 0 Å². The quantitative estimate of drug-likeness (QED) is 0.848. The Hall–Kier alpha value is -2.17. The fourth-order valence-corrected chi connectivity index (χ4v) is 2.83. The number of pyridine rings is 1. The van der Waals surface area contributed by atoms with Gasteiger partial charge in [0.25, 0.3) is 5.91 Å². The zero-order valence-electron chi connectivity index (χ0n) is 12.4. The number of fused-ring (bicyclic) bond motifs is 1. The van der Waals surface area contributed by atoms with E-state index < -0.39 is 0 Å². The number of aryl methyl sites for hydroxylation is 2. The number of hydrogen-bond donors (Lipinski definition) is 0. The Balaban J connectivity index is 2.04. The van der Waals surface area contributed by atoms with E-state index >= 15 is 0 Å². The molecule has 21 heavy (non-hydrogen) atoms. The van der Waals surface area contributed by atoms with Crippen molar-refractivity contribution in [3.05, 3.63) is 35.3 Å². The molecule has 3 heterocycles. The Morgan fingerprint density at radius 2 is 2.05 bits per heavy atom. The Labute approximate surface area is 123 Å². The summed E-state index contributed by atoms with van der Waals surface area (Å²) in [6, 6.07) is 3.93. The summed E-state index contributed by atoms with van der Waals surface area (Å²) in [5.74, 6) is 0.223. The first-order chi connectivity index (χ1) is 10.1. The smallest absolute Gasteiger partial charge is 0.272 e. The molecule has 110 valence electrons. The van der Waals surface area contributed by atoms with Crippen LogP contribution in [-0.4, -0.2) is 39.1 Å². The predicted molar refractivity (Wildman–Crippen MR) is 79.5 cm³/mol. The number of carbonyl (C=O) groups is 2. The molecule has 0 unspecified atom stereocenters. The lowest BCUT2D eigenvalue weighted by molar-refractivity contribution is -0.120. The number of hydrogen-bond acceptors (Lipinski definition) is 3. The van der Waals surface area contributed by atoms with Crippen molar-refractivity contribution in [2.45, 2.75) is 33.1 Å². The van der Waals surface area contributed by atoms with Gasteiger partial charge in [-0.15, -0.1) is 0 Å². The molecule has 0 saturated carbocycles. The topological polar surface area (TPSA) is 54.7 Å². The van der Waals surface area contributed by atoms with Gasteiger partial charge in [0.1, 0.15) is 17.1 Å². The van der Waals surface area contributed by atoms with Crippen molar-refractivity contribution in [2.24, 2.45) is 0 Å². The van der Waals surface area contributed by atoms with E-state index in [1.165, 1.54) is 0 Å². The highest BCUT2D eigenvalue weighted by molar-refractivity contribution is 5.96. The summed E-state index contributed by atoms with van der Waals surface area (Å²) in [5.41, 5.74) is 3.36. The lowest BCUT2D eigenvalue weighted by Gasteiger charge is -2.26. The van der Waals surface area contributed by atoms with Crippen molar-refractivity contribution in [1.29, 1.82) is 0 Å². The number of likely N-dealkylation sites (tertiary alicyclic amines) is 1. The molecule has 0 spiro atoms. The summed E-state index contributed by atoms with van der Waals surface area (Å²) < 4.78 is 1.88. The van der Waals surface area contributed by atoms with E-state index in [1.807, 2.05) is 36.6 Å². The minimum absolute atomic E-state index is 0.0162. The summed E-state index contributed by atoms with van der Waals surface area (Å²) in [7, 11) is 0. The van der Waals surface area contributed by atoms with Gasteiger partial charge in [0, 0.05) is 32.1 Å². The van der Waals surface area contributed by atoms with Crippen LogP contribution in [-0.2, 0) is 11.2 Å². The van der Waals surface area contributed by atoms with Gasteiger partial charge in [-0.1, -0.05) is 13.0 Å². The molecule has 0 radical (unpaired) electrons. The number of carbonyl (C=O) groups excluding carboxylic acids is 2.